The van der Waals surface area contributed by atoms with Gasteiger partial charge in [0.25, 0.3) is 10.0 Å². The monoisotopic (exact) mass is 481 g/mol. The molecule has 1 aliphatic heterocycles. The van der Waals surface area contributed by atoms with Crippen LogP contribution in [0.25, 0.3) is 0 Å². The van der Waals surface area contributed by atoms with E-state index in [1.165, 1.54) is 24.3 Å². The average molecular weight is 482 g/mol. The predicted octanol–water partition coefficient (Wildman–Crippen LogP) is 4.09. The zero-order chi connectivity index (χ0) is 24.3. The third-order valence-electron chi connectivity index (χ3n) is 5.58. The first kappa shape index (κ1) is 23.4. The molecule has 3 aromatic rings. The molecule has 176 valence electrons. The van der Waals surface area contributed by atoms with Crippen molar-refractivity contribution in [2.75, 3.05) is 27.6 Å². The molecule has 0 bridgehead atoms. The molecule has 4 rings (SSSR count). The first-order valence-electron chi connectivity index (χ1n) is 10.8. The van der Waals surface area contributed by atoms with E-state index in [0.717, 1.165) is 34.1 Å². The lowest BCUT2D eigenvalue weighted by molar-refractivity contribution is -0.117. The molecule has 3 aromatic carbocycles. The van der Waals surface area contributed by atoms with Crippen molar-refractivity contribution in [2.45, 2.75) is 24.7 Å². The minimum absolute atomic E-state index is 0.0163. The van der Waals surface area contributed by atoms with Gasteiger partial charge in [-0.1, -0.05) is 18.2 Å². The Kier molecular flexibility index (Phi) is 6.65. The maximum absolute atomic E-state index is 13.5. The van der Waals surface area contributed by atoms with E-state index < -0.39 is 28.3 Å². The Morgan fingerprint density at radius 1 is 1.06 bits per heavy atom. The number of hydrogen-bond donors (Lipinski definition) is 1. The number of nitrogens with one attached hydrogen (secondary N) is 1. The molecule has 0 unspecified atom stereocenters. The number of sulfonamides is 1. The second-order valence-electron chi connectivity index (χ2n) is 8.00. The minimum Gasteiger partial charge on any atom is -0.325 e. The van der Waals surface area contributed by atoms with Gasteiger partial charge in [-0.25, -0.2) is 12.8 Å². The highest BCUT2D eigenvalue weighted by Gasteiger charge is 2.27. The highest BCUT2D eigenvalue weighted by atomic mass is 32.2. The van der Waals surface area contributed by atoms with Gasteiger partial charge in [-0.2, -0.15) is 0 Å². The summed E-state index contributed by atoms with van der Waals surface area (Å²) >= 11 is 0. The van der Waals surface area contributed by atoms with E-state index in [1.807, 2.05) is 6.92 Å². The van der Waals surface area contributed by atoms with Crippen LogP contribution in [0, 0.1) is 12.7 Å². The molecule has 0 saturated carbocycles. The number of benzene rings is 3. The molecule has 0 radical (unpaired) electrons. The van der Waals surface area contributed by atoms with Gasteiger partial charge in [-0.3, -0.25) is 13.9 Å². The second kappa shape index (κ2) is 9.64. The molecule has 1 aliphatic rings. The van der Waals surface area contributed by atoms with E-state index in [-0.39, 0.29) is 16.5 Å². The van der Waals surface area contributed by atoms with Crippen molar-refractivity contribution in [3.05, 3.63) is 84.2 Å². The summed E-state index contributed by atoms with van der Waals surface area (Å²) in [5, 5.41) is 2.72. The van der Waals surface area contributed by atoms with Crippen LogP contribution >= 0.6 is 0 Å². The maximum atomic E-state index is 13.5. The molecule has 0 atom stereocenters. The van der Waals surface area contributed by atoms with Gasteiger partial charge in [0.15, 0.2) is 0 Å². The molecular weight excluding hydrogens is 457 g/mol. The van der Waals surface area contributed by atoms with Crippen LogP contribution in [0.4, 0.5) is 21.5 Å². The lowest BCUT2D eigenvalue weighted by Crippen LogP contribution is -2.38. The van der Waals surface area contributed by atoms with Crippen molar-refractivity contribution in [1.82, 2.24) is 0 Å². The number of halogens is 1. The first-order valence-corrected chi connectivity index (χ1v) is 12.2. The molecule has 1 N–H and O–H groups in total. The summed E-state index contributed by atoms with van der Waals surface area (Å²) in [7, 11) is -4.08. The molecule has 9 heteroatoms. The third-order valence-corrected chi connectivity index (χ3v) is 7.37. The average Bonchev–Trinajstić information content (AvgIpc) is 3.24. The van der Waals surface area contributed by atoms with Gasteiger partial charge in [0.1, 0.15) is 12.4 Å². The van der Waals surface area contributed by atoms with Crippen LogP contribution in [0.5, 0.6) is 0 Å². The second-order valence-corrected chi connectivity index (χ2v) is 9.86. The molecule has 1 heterocycles. The number of rotatable bonds is 7. The molecule has 0 aliphatic carbocycles. The smallest absolute Gasteiger partial charge is 0.264 e. The van der Waals surface area contributed by atoms with Gasteiger partial charge in [0.2, 0.25) is 11.8 Å². The number of hydrogen-bond acceptors (Lipinski definition) is 4. The highest BCUT2D eigenvalue weighted by molar-refractivity contribution is 7.92. The molecule has 2 amide bonds. The van der Waals surface area contributed by atoms with Crippen molar-refractivity contribution < 1.29 is 22.4 Å². The predicted molar refractivity (Wildman–Crippen MR) is 129 cm³/mol. The van der Waals surface area contributed by atoms with Crippen LogP contribution in [-0.4, -0.2) is 33.3 Å². The summed E-state index contributed by atoms with van der Waals surface area (Å²) in [5.74, 6) is -1.01. The fourth-order valence-electron chi connectivity index (χ4n) is 3.91. The van der Waals surface area contributed by atoms with E-state index in [2.05, 4.69) is 5.32 Å². The maximum Gasteiger partial charge on any atom is 0.264 e. The quantitative estimate of drug-likeness (QED) is 0.551. The van der Waals surface area contributed by atoms with E-state index in [4.69, 9.17) is 0 Å². The van der Waals surface area contributed by atoms with Crippen molar-refractivity contribution in [3.63, 3.8) is 0 Å². The topological polar surface area (TPSA) is 86.8 Å². The summed E-state index contributed by atoms with van der Waals surface area (Å²) in [6.07, 6.45) is 1.33. The number of nitrogens with zero attached hydrogens (tertiary/aromatic N) is 2. The van der Waals surface area contributed by atoms with Gasteiger partial charge in [-0.15, -0.1) is 0 Å². The molecule has 7 nitrogen and oxygen atoms in total. The number of carbonyl (C=O) groups is 2. The van der Waals surface area contributed by atoms with Crippen LogP contribution in [0.2, 0.25) is 0 Å². The zero-order valence-corrected chi connectivity index (χ0v) is 19.4. The lowest BCUT2D eigenvalue weighted by Gasteiger charge is -2.24. The number of carbonyl (C=O) groups excluding carboxylic acids is 2. The van der Waals surface area contributed by atoms with Gasteiger partial charge >= 0.3 is 0 Å². The molecule has 1 saturated heterocycles. The van der Waals surface area contributed by atoms with Crippen LogP contribution in [0.1, 0.15) is 18.4 Å². The van der Waals surface area contributed by atoms with Crippen molar-refractivity contribution in [3.8, 4) is 0 Å². The summed E-state index contributed by atoms with van der Waals surface area (Å²) < 4.78 is 41.0. The third kappa shape index (κ3) is 4.94. The summed E-state index contributed by atoms with van der Waals surface area (Å²) in [5.41, 5.74) is 2.26. The normalized spacial score (nSPS) is 13.7. The molecule has 0 spiro atoms. The first-order chi connectivity index (χ1) is 16.3. The Balaban J connectivity index is 1.57. The summed E-state index contributed by atoms with van der Waals surface area (Å²) in [6, 6.07) is 17.8. The van der Waals surface area contributed by atoms with Crippen LogP contribution < -0.4 is 14.5 Å². The zero-order valence-electron chi connectivity index (χ0n) is 18.6. The fraction of sp³-hybridized carbons (Fsp3) is 0.200. The Bertz CT molecular complexity index is 1310. The van der Waals surface area contributed by atoms with Crippen LogP contribution in [0.3, 0.4) is 0 Å². The Labute approximate surface area is 197 Å². The van der Waals surface area contributed by atoms with Crippen LogP contribution in [0.15, 0.2) is 77.7 Å². The van der Waals surface area contributed by atoms with E-state index >= 15 is 0 Å². The van der Waals surface area contributed by atoms with Crippen molar-refractivity contribution in [2.24, 2.45) is 0 Å². The molecule has 34 heavy (non-hydrogen) atoms. The Morgan fingerprint density at radius 3 is 2.38 bits per heavy atom. The van der Waals surface area contributed by atoms with Gasteiger partial charge in [0, 0.05) is 24.3 Å². The minimum atomic E-state index is -4.08. The number of anilines is 3. The Hall–Kier alpha value is -3.72. The lowest BCUT2D eigenvalue weighted by atomic mass is 10.1. The van der Waals surface area contributed by atoms with E-state index in [1.54, 1.807) is 41.3 Å². The van der Waals surface area contributed by atoms with E-state index in [0.29, 0.717) is 18.7 Å². The number of aryl methyl sites for hydroxylation is 1. The fourth-order valence-corrected chi connectivity index (χ4v) is 5.35. The van der Waals surface area contributed by atoms with Crippen molar-refractivity contribution >= 4 is 38.9 Å². The SMILES string of the molecule is Cc1cc(NC(=O)CN(c2ccc(F)cc2)S(=O)(=O)c2ccccc2)ccc1N1CCCC1=O. The van der Waals surface area contributed by atoms with E-state index in [9.17, 15) is 22.4 Å². The Morgan fingerprint density at radius 2 is 1.76 bits per heavy atom. The molecular formula is C25H24FN3O4S. The molecule has 1 fully saturated rings. The highest BCUT2D eigenvalue weighted by Crippen LogP contribution is 2.28. The van der Waals surface area contributed by atoms with Gasteiger partial charge < -0.3 is 10.2 Å². The number of amides is 2. The summed E-state index contributed by atoms with van der Waals surface area (Å²) in [6.45, 7) is 2.00. The molecule has 0 aromatic heterocycles. The van der Waals surface area contributed by atoms with Gasteiger partial charge in [-0.05, 0) is 73.5 Å². The van der Waals surface area contributed by atoms with Gasteiger partial charge in [0.05, 0.1) is 10.6 Å². The summed E-state index contributed by atoms with van der Waals surface area (Å²) in [4.78, 5) is 26.7. The standard InChI is InChI=1S/C25H24FN3O4S/c1-18-16-20(11-14-23(18)28-15-5-8-25(28)31)27-24(30)17-29(21-12-9-19(26)10-13-21)34(32,33)22-6-3-2-4-7-22/h2-4,6-7,9-14,16H,5,8,15,17H2,1H3,(H,27,30). The van der Waals surface area contributed by atoms with Crippen LogP contribution in [-0.2, 0) is 19.6 Å². The van der Waals surface area contributed by atoms with Crippen molar-refractivity contribution in [1.29, 1.82) is 0 Å². The largest absolute Gasteiger partial charge is 0.325 e.